The average molecular weight is 440 g/mol. The van der Waals surface area contributed by atoms with Crippen molar-refractivity contribution in [2.45, 2.75) is 32.1 Å². The number of esters is 1. The van der Waals surface area contributed by atoms with Crippen LogP contribution in [0.5, 0.6) is 0 Å². The molecular formula is C21H20N4O5S. The van der Waals surface area contributed by atoms with Crippen LogP contribution >= 0.6 is 11.3 Å². The Morgan fingerprint density at radius 2 is 1.77 bits per heavy atom. The molecule has 1 aromatic heterocycles. The van der Waals surface area contributed by atoms with E-state index < -0.39 is 30.3 Å². The molecule has 0 saturated heterocycles. The van der Waals surface area contributed by atoms with Crippen LogP contribution in [0.3, 0.4) is 0 Å². The van der Waals surface area contributed by atoms with Gasteiger partial charge in [0.2, 0.25) is 5.91 Å². The zero-order valence-corrected chi connectivity index (χ0v) is 17.3. The number of rotatable bonds is 7. The first-order valence-electron chi connectivity index (χ1n) is 9.57. The van der Waals surface area contributed by atoms with Gasteiger partial charge in [-0.1, -0.05) is 0 Å². The normalized spacial score (nSPS) is 12.2. The summed E-state index contributed by atoms with van der Waals surface area (Å²) in [6, 6.07) is 7.57. The predicted octanol–water partition coefficient (Wildman–Crippen LogP) is 2.37. The predicted molar refractivity (Wildman–Crippen MR) is 114 cm³/mol. The molecule has 0 radical (unpaired) electrons. The number of ether oxygens (including phenoxy) is 1. The van der Waals surface area contributed by atoms with Crippen LogP contribution < -0.4 is 16.4 Å². The van der Waals surface area contributed by atoms with Crippen LogP contribution in [-0.4, -0.2) is 30.3 Å². The molecule has 1 aromatic carbocycles. The lowest BCUT2D eigenvalue weighted by Crippen LogP contribution is -2.23. The van der Waals surface area contributed by atoms with Crippen LogP contribution in [0.1, 0.15) is 50.4 Å². The highest BCUT2D eigenvalue weighted by Gasteiger charge is 2.25. The second-order valence-corrected chi connectivity index (χ2v) is 7.97. The average Bonchev–Trinajstić information content (AvgIpc) is 3.10. The van der Waals surface area contributed by atoms with E-state index in [1.165, 1.54) is 35.6 Å². The summed E-state index contributed by atoms with van der Waals surface area (Å²) >= 11 is 1.33. The van der Waals surface area contributed by atoms with E-state index in [2.05, 4.69) is 10.6 Å². The first-order chi connectivity index (χ1) is 14.9. The van der Waals surface area contributed by atoms with Crippen molar-refractivity contribution in [3.63, 3.8) is 0 Å². The number of aryl methyl sites for hydroxylation is 1. The topological polar surface area (TPSA) is 151 Å². The summed E-state index contributed by atoms with van der Waals surface area (Å²) in [6.07, 6.45) is 3.32. The standard InChI is InChI=1S/C21H20N4O5S/c22-10-9-16(26)24-13-7-5-12(6-8-13)21(29)30-11-17(27)25-20-18(19(23)28)14-3-1-2-4-15(14)31-20/h5-8H,1-4,9,11H2,(H2,23,28)(H,24,26)(H,25,27). The Kier molecular flexibility index (Phi) is 6.99. The Morgan fingerprint density at radius 1 is 1.06 bits per heavy atom. The lowest BCUT2D eigenvalue weighted by molar-refractivity contribution is -0.119. The maximum Gasteiger partial charge on any atom is 0.338 e. The molecule has 31 heavy (non-hydrogen) atoms. The second-order valence-electron chi connectivity index (χ2n) is 6.86. The van der Waals surface area contributed by atoms with Gasteiger partial charge in [0.1, 0.15) is 11.4 Å². The number of hydrogen-bond acceptors (Lipinski definition) is 7. The molecule has 2 aromatic rings. The fourth-order valence-electron chi connectivity index (χ4n) is 3.26. The molecule has 0 saturated carbocycles. The number of hydrogen-bond donors (Lipinski definition) is 3. The van der Waals surface area contributed by atoms with Crippen molar-refractivity contribution in [2.75, 3.05) is 17.2 Å². The van der Waals surface area contributed by atoms with Crippen molar-refractivity contribution >= 4 is 45.7 Å². The van der Waals surface area contributed by atoms with E-state index in [-0.39, 0.29) is 12.0 Å². The number of nitrogens with one attached hydrogen (secondary N) is 2. The van der Waals surface area contributed by atoms with Gasteiger partial charge in [-0.05, 0) is 55.5 Å². The first-order valence-corrected chi connectivity index (χ1v) is 10.4. The Labute approximate surface area is 182 Å². The molecule has 1 aliphatic carbocycles. The minimum absolute atomic E-state index is 0.190. The van der Waals surface area contributed by atoms with E-state index in [1.54, 1.807) is 6.07 Å². The molecule has 9 nitrogen and oxygen atoms in total. The summed E-state index contributed by atoms with van der Waals surface area (Å²) in [4.78, 5) is 48.7. The molecule has 0 bridgehead atoms. The quantitative estimate of drug-likeness (QED) is 0.562. The second kappa shape index (κ2) is 9.86. The molecular weight excluding hydrogens is 420 g/mol. The molecule has 0 aliphatic heterocycles. The van der Waals surface area contributed by atoms with Gasteiger partial charge in [-0.2, -0.15) is 5.26 Å². The number of anilines is 2. The monoisotopic (exact) mass is 440 g/mol. The van der Waals surface area contributed by atoms with Gasteiger partial charge in [-0.25, -0.2) is 4.79 Å². The van der Waals surface area contributed by atoms with E-state index in [9.17, 15) is 19.2 Å². The molecule has 160 valence electrons. The third-order valence-electron chi connectivity index (χ3n) is 4.65. The fraction of sp³-hybridized carbons (Fsp3) is 0.286. The van der Waals surface area contributed by atoms with Crippen molar-refractivity contribution in [1.29, 1.82) is 5.26 Å². The van der Waals surface area contributed by atoms with E-state index in [1.807, 2.05) is 0 Å². The lowest BCUT2D eigenvalue weighted by atomic mass is 9.95. The van der Waals surface area contributed by atoms with Crippen LogP contribution in [0.2, 0.25) is 0 Å². The number of amides is 3. The zero-order chi connectivity index (χ0) is 22.4. The number of primary amides is 1. The highest BCUT2D eigenvalue weighted by atomic mass is 32.1. The summed E-state index contributed by atoms with van der Waals surface area (Å²) in [5.41, 5.74) is 7.36. The van der Waals surface area contributed by atoms with Gasteiger partial charge < -0.3 is 21.1 Å². The third-order valence-corrected chi connectivity index (χ3v) is 5.86. The first kappa shape index (κ1) is 22.0. The number of thiophene rings is 1. The molecule has 0 fully saturated rings. The fourth-order valence-corrected chi connectivity index (χ4v) is 4.57. The Hall–Kier alpha value is -3.71. The summed E-state index contributed by atoms with van der Waals surface area (Å²) in [5, 5.41) is 14.0. The van der Waals surface area contributed by atoms with Gasteiger partial charge in [0, 0.05) is 10.6 Å². The summed E-state index contributed by atoms with van der Waals surface area (Å²) in [5.74, 6) is -2.34. The van der Waals surface area contributed by atoms with Crippen LogP contribution in [0, 0.1) is 11.3 Å². The summed E-state index contributed by atoms with van der Waals surface area (Å²) in [7, 11) is 0. The van der Waals surface area contributed by atoms with Crippen molar-refractivity contribution in [1.82, 2.24) is 0 Å². The maximum atomic E-state index is 12.3. The molecule has 0 spiro atoms. The van der Waals surface area contributed by atoms with Crippen LogP contribution in [0.4, 0.5) is 10.7 Å². The van der Waals surface area contributed by atoms with Crippen LogP contribution in [-0.2, 0) is 27.2 Å². The highest BCUT2D eigenvalue weighted by Crippen LogP contribution is 2.37. The van der Waals surface area contributed by atoms with Crippen LogP contribution in [0.25, 0.3) is 0 Å². The van der Waals surface area contributed by atoms with Crippen molar-refractivity contribution in [2.24, 2.45) is 5.73 Å². The number of carbonyl (C=O) groups is 4. The summed E-state index contributed by atoms with van der Waals surface area (Å²) < 4.78 is 5.03. The maximum absolute atomic E-state index is 12.3. The van der Waals surface area contributed by atoms with Crippen LogP contribution in [0.15, 0.2) is 24.3 Å². The Morgan fingerprint density at radius 3 is 2.45 bits per heavy atom. The van der Waals surface area contributed by atoms with Gasteiger partial charge in [0.25, 0.3) is 11.8 Å². The highest BCUT2D eigenvalue weighted by molar-refractivity contribution is 7.17. The SMILES string of the molecule is N#CCC(=O)Nc1ccc(C(=O)OCC(=O)Nc2sc3c(c2C(N)=O)CCCC3)cc1. The molecule has 3 amide bonds. The third kappa shape index (κ3) is 5.46. The largest absolute Gasteiger partial charge is 0.452 e. The van der Waals surface area contributed by atoms with E-state index in [0.717, 1.165) is 36.1 Å². The number of fused-ring (bicyclic) bond motifs is 1. The van der Waals surface area contributed by atoms with Gasteiger partial charge in [-0.15, -0.1) is 11.3 Å². The number of nitrogens with zero attached hydrogens (tertiary/aromatic N) is 1. The smallest absolute Gasteiger partial charge is 0.338 e. The van der Waals surface area contributed by atoms with E-state index >= 15 is 0 Å². The minimum atomic E-state index is -0.717. The Balaban J connectivity index is 1.57. The molecule has 0 atom stereocenters. The van der Waals surface area contributed by atoms with E-state index in [4.69, 9.17) is 15.7 Å². The number of benzene rings is 1. The zero-order valence-electron chi connectivity index (χ0n) is 16.5. The molecule has 10 heteroatoms. The van der Waals surface area contributed by atoms with Gasteiger partial charge in [0.05, 0.1) is 17.2 Å². The molecule has 4 N–H and O–H groups in total. The Bertz CT molecular complexity index is 1070. The molecule has 0 unspecified atom stereocenters. The lowest BCUT2D eigenvalue weighted by Gasteiger charge is -2.11. The molecule has 1 heterocycles. The minimum Gasteiger partial charge on any atom is -0.452 e. The van der Waals surface area contributed by atoms with Crippen molar-refractivity contribution < 1.29 is 23.9 Å². The van der Waals surface area contributed by atoms with E-state index in [0.29, 0.717) is 16.3 Å². The number of carbonyl (C=O) groups excluding carboxylic acids is 4. The van der Waals surface area contributed by atoms with Gasteiger partial charge in [0.15, 0.2) is 6.61 Å². The number of nitrogens with two attached hydrogens (primary N) is 1. The summed E-state index contributed by atoms with van der Waals surface area (Å²) in [6.45, 7) is -0.528. The molecule has 3 rings (SSSR count). The van der Waals surface area contributed by atoms with Crippen molar-refractivity contribution in [3.05, 3.63) is 45.8 Å². The molecule has 1 aliphatic rings. The van der Waals surface area contributed by atoms with Crippen molar-refractivity contribution in [3.8, 4) is 6.07 Å². The number of nitriles is 1. The van der Waals surface area contributed by atoms with Gasteiger partial charge >= 0.3 is 5.97 Å². The van der Waals surface area contributed by atoms with Gasteiger partial charge in [-0.3, -0.25) is 14.4 Å².